The van der Waals surface area contributed by atoms with Gasteiger partial charge in [-0.1, -0.05) is 25.7 Å². The molecule has 132 valence electrons. The van der Waals surface area contributed by atoms with Crippen molar-refractivity contribution in [3.05, 3.63) is 44.9 Å². The van der Waals surface area contributed by atoms with Crippen LogP contribution in [0, 0.1) is 11.8 Å². The normalized spacial score (nSPS) is 26.2. The van der Waals surface area contributed by atoms with Crippen molar-refractivity contribution in [3.8, 4) is 0 Å². The second kappa shape index (κ2) is 6.90. The molecule has 2 aromatic heterocycles. The zero-order valence-electron chi connectivity index (χ0n) is 14.1. The molecule has 2 aliphatic carbocycles. The van der Waals surface area contributed by atoms with Crippen molar-refractivity contribution in [2.24, 2.45) is 11.8 Å². The van der Waals surface area contributed by atoms with E-state index in [1.54, 1.807) is 12.3 Å². The molecule has 0 radical (unpaired) electrons. The second-order valence-electron chi connectivity index (χ2n) is 7.34. The molecule has 2 aromatic rings. The average molecular weight is 404 g/mol. The van der Waals surface area contributed by atoms with Gasteiger partial charge in [-0.2, -0.15) is 0 Å². The van der Waals surface area contributed by atoms with Gasteiger partial charge in [-0.15, -0.1) is 0 Å². The average Bonchev–Trinajstić information content (AvgIpc) is 2.62. The molecule has 2 aliphatic rings. The van der Waals surface area contributed by atoms with Gasteiger partial charge in [0, 0.05) is 22.9 Å². The fourth-order valence-electron chi connectivity index (χ4n) is 4.47. The number of nitrogens with one attached hydrogen (secondary N) is 1. The third kappa shape index (κ3) is 3.36. The summed E-state index contributed by atoms with van der Waals surface area (Å²) in [4.78, 5) is 29.5. The molecule has 0 aromatic carbocycles. The maximum Gasteiger partial charge on any atom is 0.270 e. The van der Waals surface area contributed by atoms with Crippen LogP contribution in [0.1, 0.15) is 55.3 Å². The number of carbonyl (C=O) groups excluding carboxylic acids is 1. The van der Waals surface area contributed by atoms with Crippen molar-refractivity contribution in [3.63, 3.8) is 0 Å². The van der Waals surface area contributed by atoms with Crippen LogP contribution in [0.4, 0.5) is 0 Å². The number of hydrogen-bond donors (Lipinski definition) is 1. The third-order valence-corrected chi connectivity index (χ3v) is 6.25. The fraction of sp³-hybridized carbons (Fsp3) is 0.526. The third-order valence-electron chi connectivity index (χ3n) is 5.79. The van der Waals surface area contributed by atoms with Crippen molar-refractivity contribution < 1.29 is 4.79 Å². The summed E-state index contributed by atoms with van der Waals surface area (Å²) in [7, 11) is 0. The maximum absolute atomic E-state index is 12.6. The number of amides is 1. The largest absolute Gasteiger partial charge is 0.349 e. The summed E-state index contributed by atoms with van der Waals surface area (Å²) in [5, 5.41) is 3.08. The molecule has 0 bridgehead atoms. The van der Waals surface area contributed by atoms with Gasteiger partial charge in [0.15, 0.2) is 0 Å². The Bertz CT molecular complexity index is 863. The van der Waals surface area contributed by atoms with Gasteiger partial charge >= 0.3 is 0 Å². The lowest BCUT2D eigenvalue weighted by Gasteiger charge is -2.39. The van der Waals surface area contributed by atoms with Gasteiger partial charge in [-0.3, -0.25) is 14.0 Å². The molecule has 0 unspecified atom stereocenters. The van der Waals surface area contributed by atoms with E-state index in [9.17, 15) is 9.59 Å². The Morgan fingerprint density at radius 2 is 1.96 bits per heavy atom. The topological polar surface area (TPSA) is 63.5 Å². The first-order valence-electron chi connectivity index (χ1n) is 9.09. The van der Waals surface area contributed by atoms with E-state index in [0.29, 0.717) is 5.65 Å². The van der Waals surface area contributed by atoms with Crippen LogP contribution < -0.4 is 10.9 Å². The van der Waals surface area contributed by atoms with Gasteiger partial charge in [-0.25, -0.2) is 4.98 Å². The lowest BCUT2D eigenvalue weighted by molar-refractivity contribution is 0.0877. The van der Waals surface area contributed by atoms with E-state index in [2.05, 4.69) is 26.2 Å². The minimum Gasteiger partial charge on any atom is -0.349 e. The monoisotopic (exact) mass is 403 g/mol. The molecule has 6 heteroatoms. The van der Waals surface area contributed by atoms with Crippen molar-refractivity contribution in [1.82, 2.24) is 14.7 Å². The highest BCUT2D eigenvalue weighted by molar-refractivity contribution is 9.10. The zero-order valence-corrected chi connectivity index (χ0v) is 15.7. The Morgan fingerprint density at radius 1 is 1.16 bits per heavy atom. The van der Waals surface area contributed by atoms with Crippen molar-refractivity contribution in [2.45, 2.75) is 51.0 Å². The second-order valence-corrected chi connectivity index (χ2v) is 8.26. The number of carbonyl (C=O) groups is 1. The summed E-state index contributed by atoms with van der Waals surface area (Å²) in [6.45, 7) is 0. The lowest BCUT2D eigenvalue weighted by Crippen LogP contribution is -2.43. The Hall–Kier alpha value is -1.69. The summed E-state index contributed by atoms with van der Waals surface area (Å²) in [6.07, 6.45) is 11.6. The number of aromatic nitrogens is 2. The summed E-state index contributed by atoms with van der Waals surface area (Å²) >= 11 is 3.35. The molecule has 3 atom stereocenters. The number of nitrogens with zero attached hydrogens (tertiary/aromatic N) is 2. The molecule has 0 saturated heterocycles. The molecule has 1 amide bonds. The summed E-state index contributed by atoms with van der Waals surface area (Å²) < 4.78 is 2.19. The summed E-state index contributed by atoms with van der Waals surface area (Å²) in [5.41, 5.74) is 0.323. The number of halogens is 1. The molecule has 4 rings (SSSR count). The molecule has 5 nitrogen and oxygen atoms in total. The van der Waals surface area contributed by atoms with Crippen molar-refractivity contribution in [2.75, 3.05) is 0 Å². The smallest absolute Gasteiger partial charge is 0.270 e. The number of rotatable bonds is 2. The SMILES string of the molecule is O=C(N[C@@H]1CC[C@@H]2CCCC[C@@H]2C1)c1cnc2ccc(Br)cn2c1=O. The fourth-order valence-corrected chi connectivity index (χ4v) is 4.81. The zero-order chi connectivity index (χ0) is 17.4. The Balaban J connectivity index is 1.52. The van der Waals surface area contributed by atoms with E-state index >= 15 is 0 Å². The molecular weight excluding hydrogens is 382 g/mol. The predicted molar refractivity (Wildman–Crippen MR) is 99.7 cm³/mol. The molecule has 25 heavy (non-hydrogen) atoms. The number of pyridine rings is 1. The molecule has 2 saturated carbocycles. The first-order valence-corrected chi connectivity index (χ1v) is 9.89. The van der Waals surface area contributed by atoms with Crippen LogP contribution in [0.5, 0.6) is 0 Å². The standard InChI is InChI=1S/C19H22BrN3O2/c20-14-6-8-17-21-10-16(19(25)23(17)11-14)18(24)22-15-7-5-12-3-1-2-4-13(12)9-15/h6,8,10-13,15H,1-5,7,9H2,(H,22,24)/t12-,13+,15+/m0/s1. The Kier molecular flexibility index (Phi) is 4.63. The Morgan fingerprint density at radius 3 is 2.80 bits per heavy atom. The van der Waals surface area contributed by atoms with Crippen molar-refractivity contribution in [1.29, 1.82) is 0 Å². The molecule has 1 N–H and O–H groups in total. The van der Waals surface area contributed by atoms with Crippen LogP contribution in [0.2, 0.25) is 0 Å². The van der Waals surface area contributed by atoms with Crippen LogP contribution in [-0.2, 0) is 0 Å². The highest BCUT2D eigenvalue weighted by Gasteiger charge is 2.33. The van der Waals surface area contributed by atoms with Gasteiger partial charge in [0.1, 0.15) is 11.2 Å². The van der Waals surface area contributed by atoms with Gasteiger partial charge in [0.25, 0.3) is 11.5 Å². The van der Waals surface area contributed by atoms with Gasteiger partial charge in [-0.05, 0) is 59.2 Å². The lowest BCUT2D eigenvalue weighted by atomic mass is 9.69. The van der Waals surface area contributed by atoms with Gasteiger partial charge in [0.05, 0.1) is 0 Å². The molecule has 0 spiro atoms. The first kappa shape index (κ1) is 16.8. The highest BCUT2D eigenvalue weighted by Crippen LogP contribution is 2.40. The maximum atomic E-state index is 12.6. The molecule has 2 fully saturated rings. The quantitative estimate of drug-likeness (QED) is 0.833. The van der Waals surface area contributed by atoms with E-state index < -0.39 is 0 Å². The summed E-state index contributed by atoms with van der Waals surface area (Å²) in [6, 6.07) is 3.75. The van der Waals surface area contributed by atoms with Crippen molar-refractivity contribution >= 4 is 27.5 Å². The van der Waals surface area contributed by atoms with E-state index in [4.69, 9.17) is 0 Å². The van der Waals surface area contributed by atoms with Crippen LogP contribution in [-0.4, -0.2) is 21.3 Å². The van der Waals surface area contributed by atoms with Crippen LogP contribution >= 0.6 is 15.9 Å². The highest BCUT2D eigenvalue weighted by atomic mass is 79.9. The van der Waals surface area contributed by atoms with E-state index in [-0.39, 0.29) is 23.1 Å². The van der Waals surface area contributed by atoms with Crippen LogP contribution in [0.15, 0.2) is 33.8 Å². The van der Waals surface area contributed by atoms with E-state index in [0.717, 1.165) is 29.2 Å². The number of fused-ring (bicyclic) bond motifs is 2. The van der Waals surface area contributed by atoms with Gasteiger partial charge < -0.3 is 5.32 Å². The van der Waals surface area contributed by atoms with Crippen LogP contribution in [0.25, 0.3) is 5.65 Å². The minimum absolute atomic E-state index is 0.112. The molecule has 0 aliphatic heterocycles. The summed E-state index contributed by atoms with van der Waals surface area (Å²) in [5.74, 6) is 1.28. The number of hydrogen-bond acceptors (Lipinski definition) is 3. The minimum atomic E-state index is -0.324. The Labute approximate surface area is 155 Å². The molecule has 2 heterocycles. The van der Waals surface area contributed by atoms with Gasteiger partial charge in [0.2, 0.25) is 0 Å². The van der Waals surface area contributed by atoms with E-state index in [1.165, 1.54) is 42.7 Å². The molecular formula is C19H22BrN3O2. The van der Waals surface area contributed by atoms with Crippen LogP contribution in [0.3, 0.4) is 0 Å². The predicted octanol–water partition coefficient (Wildman–Crippen LogP) is 3.55. The van der Waals surface area contributed by atoms with E-state index in [1.807, 2.05) is 6.07 Å². The first-order chi connectivity index (χ1) is 12.1.